The highest BCUT2D eigenvalue weighted by Crippen LogP contribution is 2.41. The van der Waals surface area contributed by atoms with Crippen molar-refractivity contribution in [3.05, 3.63) is 41.0 Å². The van der Waals surface area contributed by atoms with Crippen LogP contribution in [0.15, 0.2) is 29.6 Å². The van der Waals surface area contributed by atoms with Gasteiger partial charge < -0.3 is 21.8 Å². The van der Waals surface area contributed by atoms with E-state index in [1.807, 2.05) is 6.07 Å². The van der Waals surface area contributed by atoms with Crippen LogP contribution in [0.4, 0.5) is 8.78 Å². The van der Waals surface area contributed by atoms with E-state index in [9.17, 15) is 18.4 Å². The van der Waals surface area contributed by atoms with E-state index in [-0.39, 0.29) is 54.7 Å². The number of nitrogens with one attached hydrogen (secondary N) is 3. The molecule has 5 N–H and O–H groups in total. The number of rotatable bonds is 7. The van der Waals surface area contributed by atoms with Gasteiger partial charge in [-0.25, -0.2) is 18.3 Å². The van der Waals surface area contributed by atoms with Gasteiger partial charge in [0, 0.05) is 43.6 Å². The monoisotopic (exact) mass is 487 g/mol. The van der Waals surface area contributed by atoms with Crippen LogP contribution in [-0.2, 0) is 16.0 Å². The normalized spacial score (nSPS) is 22.3. The highest BCUT2D eigenvalue weighted by molar-refractivity contribution is 6.11. The molecule has 2 aliphatic rings. The molecule has 4 rings (SSSR count). The third-order valence-corrected chi connectivity index (χ3v) is 6.90. The summed E-state index contributed by atoms with van der Waals surface area (Å²) in [6.07, 6.45) is 4.78. The molecule has 2 atom stereocenters. The number of carbonyl (C=O) groups is 2. The smallest absolute Gasteiger partial charge is 0.255 e. The van der Waals surface area contributed by atoms with Gasteiger partial charge in [0.05, 0.1) is 29.2 Å². The van der Waals surface area contributed by atoms with E-state index in [2.05, 4.69) is 20.7 Å². The quantitative estimate of drug-likeness (QED) is 0.351. The van der Waals surface area contributed by atoms with Crippen LogP contribution in [0.1, 0.15) is 62.9 Å². The summed E-state index contributed by atoms with van der Waals surface area (Å²) in [4.78, 5) is 29.6. The molecule has 2 aromatic rings. The van der Waals surface area contributed by atoms with Gasteiger partial charge in [0.1, 0.15) is 0 Å². The Balaban J connectivity index is 1.61. The van der Waals surface area contributed by atoms with Crippen LogP contribution in [0.25, 0.3) is 5.65 Å². The number of imidazole rings is 1. The van der Waals surface area contributed by atoms with E-state index >= 15 is 0 Å². The zero-order chi connectivity index (χ0) is 25.2. The predicted molar refractivity (Wildman–Crippen MR) is 126 cm³/mol. The molecule has 2 fully saturated rings. The average Bonchev–Trinajstić information content (AvgIpc) is 3.22. The first-order chi connectivity index (χ1) is 16.7. The van der Waals surface area contributed by atoms with Crippen molar-refractivity contribution in [2.24, 2.45) is 17.6 Å². The number of hydrogen-bond acceptors (Lipinski definition) is 6. The molecule has 9 nitrogen and oxygen atoms in total. The van der Waals surface area contributed by atoms with Crippen LogP contribution < -0.4 is 16.4 Å². The first-order valence-electron chi connectivity index (χ1n) is 12.0. The molecule has 2 aromatic heterocycles. The number of hydrogen-bond donors (Lipinski definition) is 4. The summed E-state index contributed by atoms with van der Waals surface area (Å²) in [7, 11) is 0. The van der Waals surface area contributed by atoms with Crippen LogP contribution in [0.3, 0.4) is 0 Å². The van der Waals surface area contributed by atoms with Gasteiger partial charge in [-0.2, -0.15) is 5.10 Å². The van der Waals surface area contributed by atoms with Crippen molar-refractivity contribution in [1.29, 1.82) is 5.41 Å². The Hall–Kier alpha value is -3.37. The molecule has 0 aromatic carbocycles. The van der Waals surface area contributed by atoms with Gasteiger partial charge in [-0.3, -0.25) is 9.59 Å². The molecule has 11 heteroatoms. The Morgan fingerprint density at radius 1 is 1.37 bits per heavy atom. The van der Waals surface area contributed by atoms with Crippen molar-refractivity contribution in [3.8, 4) is 0 Å². The Kier molecular flexibility index (Phi) is 7.13. The minimum absolute atomic E-state index is 0.0195. The molecular formula is C24H31F2N7O2. The molecule has 0 radical (unpaired) electrons. The summed E-state index contributed by atoms with van der Waals surface area (Å²) in [6.45, 7) is 2.23. The maximum Gasteiger partial charge on any atom is 0.255 e. The van der Waals surface area contributed by atoms with Crippen LogP contribution in [-0.4, -0.2) is 45.1 Å². The van der Waals surface area contributed by atoms with Gasteiger partial charge in [-0.05, 0) is 50.7 Å². The average molecular weight is 488 g/mol. The molecule has 1 aliphatic carbocycles. The molecule has 2 amide bonds. The fourth-order valence-corrected chi connectivity index (χ4v) is 4.89. The lowest BCUT2D eigenvalue weighted by molar-refractivity contribution is -0.126. The lowest BCUT2D eigenvalue weighted by Crippen LogP contribution is -2.38. The number of carbonyl (C=O) groups excluding carboxylic acids is 2. The van der Waals surface area contributed by atoms with E-state index < -0.39 is 17.9 Å². The van der Waals surface area contributed by atoms with Crippen molar-refractivity contribution >= 4 is 23.7 Å². The van der Waals surface area contributed by atoms with Crippen molar-refractivity contribution in [2.45, 2.75) is 63.8 Å². The van der Waals surface area contributed by atoms with Gasteiger partial charge in [0.25, 0.3) is 5.91 Å². The lowest BCUT2D eigenvalue weighted by atomic mass is 9.81. The Morgan fingerprint density at radius 2 is 2.11 bits per heavy atom. The number of amides is 2. The minimum atomic E-state index is -2.71. The Bertz CT molecular complexity index is 1150. The maximum atomic E-state index is 13.8. The molecule has 188 valence electrons. The first kappa shape index (κ1) is 24.7. The zero-order valence-electron chi connectivity index (χ0n) is 19.7. The number of piperidine rings is 1. The topological polar surface area (TPSA) is 138 Å². The maximum absolute atomic E-state index is 13.8. The van der Waals surface area contributed by atoms with Crippen molar-refractivity contribution in [3.63, 3.8) is 0 Å². The lowest BCUT2D eigenvalue weighted by Gasteiger charge is -2.33. The highest BCUT2D eigenvalue weighted by Gasteiger charge is 2.39. The van der Waals surface area contributed by atoms with Crippen LogP contribution >= 0.6 is 0 Å². The number of alkyl halides is 2. The molecule has 1 saturated carbocycles. The second-order valence-corrected chi connectivity index (χ2v) is 9.51. The standard InChI is InChI=1S/C24H31F2N7O2/c1-14(28)18(12-27)23(35)31-21(15-6-8-24(25,26)9-7-15)19-13-33-20(30-19)5-4-17(32-33)11-16-3-2-10-29-22(16)34/h4-5,12-13,15-16,21,27H,2-3,6-11,28H2,1H3,(H,29,34)(H,31,35)/b18-14+,27-12?. The first-order valence-corrected chi connectivity index (χ1v) is 12.0. The van der Waals surface area contributed by atoms with Crippen LogP contribution in [0.5, 0.6) is 0 Å². The van der Waals surface area contributed by atoms with Crippen LogP contribution in [0.2, 0.25) is 0 Å². The Labute approximate surface area is 202 Å². The van der Waals surface area contributed by atoms with Gasteiger partial charge >= 0.3 is 0 Å². The summed E-state index contributed by atoms with van der Waals surface area (Å²) in [5.74, 6) is -3.60. The summed E-state index contributed by atoms with van der Waals surface area (Å²) >= 11 is 0. The molecule has 0 spiro atoms. The molecule has 1 saturated heterocycles. The van der Waals surface area contributed by atoms with Crippen LogP contribution in [0, 0.1) is 17.2 Å². The Morgan fingerprint density at radius 3 is 2.77 bits per heavy atom. The second-order valence-electron chi connectivity index (χ2n) is 9.51. The van der Waals surface area contributed by atoms with Crippen molar-refractivity contribution in [1.82, 2.24) is 25.2 Å². The van der Waals surface area contributed by atoms with Gasteiger partial charge in [0.2, 0.25) is 11.8 Å². The number of fused-ring (bicyclic) bond motifs is 1. The van der Waals surface area contributed by atoms with Gasteiger partial charge in [-0.1, -0.05) is 0 Å². The number of allylic oxidation sites excluding steroid dienone is 1. The van der Waals surface area contributed by atoms with Crippen molar-refractivity contribution < 1.29 is 18.4 Å². The summed E-state index contributed by atoms with van der Waals surface area (Å²) in [6, 6.07) is 2.99. The molecular weight excluding hydrogens is 456 g/mol. The molecule has 0 bridgehead atoms. The fraction of sp³-hybridized carbons (Fsp3) is 0.542. The molecule has 2 unspecified atom stereocenters. The van der Waals surface area contributed by atoms with Crippen molar-refractivity contribution in [2.75, 3.05) is 6.54 Å². The van der Waals surface area contributed by atoms with Gasteiger partial charge in [-0.15, -0.1) is 0 Å². The van der Waals surface area contributed by atoms with E-state index in [0.29, 0.717) is 24.3 Å². The second kappa shape index (κ2) is 10.1. The summed E-state index contributed by atoms with van der Waals surface area (Å²) in [5.41, 5.74) is 7.77. The third-order valence-electron chi connectivity index (χ3n) is 6.90. The zero-order valence-corrected chi connectivity index (χ0v) is 19.7. The minimum Gasteiger partial charge on any atom is -0.402 e. The number of aromatic nitrogens is 3. The predicted octanol–water partition coefficient (Wildman–Crippen LogP) is 2.66. The van der Waals surface area contributed by atoms with E-state index in [0.717, 1.165) is 24.8 Å². The summed E-state index contributed by atoms with van der Waals surface area (Å²) in [5, 5.41) is 17.9. The van der Waals surface area contributed by atoms with Gasteiger partial charge in [0.15, 0.2) is 5.65 Å². The van der Waals surface area contributed by atoms with E-state index in [1.54, 1.807) is 16.8 Å². The highest BCUT2D eigenvalue weighted by atomic mass is 19.3. The number of halogens is 2. The SMILES string of the molecule is C/C(N)=C(/C=N)C(=O)NC(c1cn2nc(CC3CCCNC3=O)ccc2n1)C1CCC(F)(F)CC1. The van der Waals surface area contributed by atoms with E-state index in [1.165, 1.54) is 6.92 Å². The fourth-order valence-electron chi connectivity index (χ4n) is 4.89. The summed E-state index contributed by atoms with van der Waals surface area (Å²) < 4.78 is 29.3. The largest absolute Gasteiger partial charge is 0.402 e. The molecule has 1 aliphatic heterocycles. The third kappa shape index (κ3) is 5.66. The van der Waals surface area contributed by atoms with E-state index in [4.69, 9.17) is 11.1 Å². The molecule has 3 heterocycles. The molecule has 35 heavy (non-hydrogen) atoms. The number of nitrogens with zero attached hydrogens (tertiary/aromatic N) is 3. The number of nitrogens with two attached hydrogens (primary N) is 1.